The summed E-state index contributed by atoms with van der Waals surface area (Å²) in [6.45, 7) is 0. The highest BCUT2D eigenvalue weighted by Gasteiger charge is 2.17. The van der Waals surface area contributed by atoms with Gasteiger partial charge in [-0.3, -0.25) is 9.78 Å². The Morgan fingerprint density at radius 1 is 1.42 bits per heavy atom. The molecule has 0 saturated heterocycles. The van der Waals surface area contributed by atoms with Crippen LogP contribution in [0.5, 0.6) is 0 Å². The van der Waals surface area contributed by atoms with Gasteiger partial charge in [-0.1, -0.05) is 0 Å². The average Bonchev–Trinajstić information content (AvgIpc) is 2.80. The van der Waals surface area contributed by atoms with E-state index in [-0.39, 0.29) is 15.5 Å². The summed E-state index contributed by atoms with van der Waals surface area (Å²) in [4.78, 5) is 15.4. The summed E-state index contributed by atoms with van der Waals surface area (Å²) in [5.74, 6) is -1.27. The molecule has 1 aromatic heterocycles. The van der Waals surface area contributed by atoms with Crippen LogP contribution in [0.15, 0.2) is 34.8 Å². The van der Waals surface area contributed by atoms with Crippen LogP contribution >= 0.6 is 11.3 Å². The first-order valence-corrected chi connectivity index (χ1v) is 7.33. The van der Waals surface area contributed by atoms with Gasteiger partial charge in [0.25, 0.3) is 5.91 Å². The predicted octanol–water partition coefficient (Wildman–Crippen LogP) is 1.18. The van der Waals surface area contributed by atoms with E-state index in [1.54, 1.807) is 0 Å². The van der Waals surface area contributed by atoms with Gasteiger partial charge in [0.1, 0.15) is 15.6 Å². The van der Waals surface area contributed by atoms with Crippen LogP contribution in [0.25, 0.3) is 0 Å². The maximum atomic E-state index is 13.1. The molecule has 3 N–H and O–H groups in total. The standard InChI is InChI=1S/C10H8FN3O3S2/c11-6-1-2-9(19(12,16)17)7(3-6)14-10(15)8-4-13-5-18-8/h1-5H,(H,14,15)(H2,12,16,17). The van der Waals surface area contributed by atoms with Crippen molar-refractivity contribution in [1.82, 2.24) is 4.98 Å². The van der Waals surface area contributed by atoms with Gasteiger partial charge in [-0.2, -0.15) is 0 Å². The Balaban J connectivity index is 2.39. The van der Waals surface area contributed by atoms with Crippen LogP contribution in [0.4, 0.5) is 10.1 Å². The summed E-state index contributed by atoms with van der Waals surface area (Å²) in [7, 11) is -4.06. The normalized spacial score (nSPS) is 11.3. The van der Waals surface area contributed by atoms with Crippen molar-refractivity contribution in [3.8, 4) is 0 Å². The number of nitrogens with one attached hydrogen (secondary N) is 1. The fourth-order valence-corrected chi connectivity index (χ4v) is 2.55. The number of aromatic nitrogens is 1. The lowest BCUT2D eigenvalue weighted by atomic mass is 10.3. The van der Waals surface area contributed by atoms with E-state index < -0.39 is 21.7 Å². The minimum absolute atomic E-state index is 0.207. The van der Waals surface area contributed by atoms with Crippen LogP contribution in [-0.2, 0) is 10.0 Å². The number of sulfonamides is 1. The van der Waals surface area contributed by atoms with E-state index in [0.29, 0.717) is 0 Å². The summed E-state index contributed by atoms with van der Waals surface area (Å²) in [5, 5.41) is 7.28. The molecule has 1 amide bonds. The molecule has 0 saturated carbocycles. The zero-order chi connectivity index (χ0) is 14.0. The number of thiazole rings is 1. The van der Waals surface area contributed by atoms with Gasteiger partial charge in [0, 0.05) is 0 Å². The number of carbonyl (C=O) groups is 1. The number of nitrogens with two attached hydrogens (primary N) is 1. The van der Waals surface area contributed by atoms with Gasteiger partial charge >= 0.3 is 0 Å². The lowest BCUT2D eigenvalue weighted by Gasteiger charge is -2.08. The summed E-state index contributed by atoms with van der Waals surface area (Å²) in [6.07, 6.45) is 1.32. The summed E-state index contributed by atoms with van der Waals surface area (Å²) < 4.78 is 35.8. The van der Waals surface area contributed by atoms with E-state index >= 15 is 0 Å². The van der Waals surface area contributed by atoms with Crippen LogP contribution in [0, 0.1) is 5.82 Å². The van der Waals surface area contributed by atoms with Gasteiger partial charge in [0.2, 0.25) is 10.0 Å². The molecular weight excluding hydrogens is 293 g/mol. The maximum absolute atomic E-state index is 13.1. The number of hydrogen-bond donors (Lipinski definition) is 2. The molecule has 0 bridgehead atoms. The molecule has 0 aliphatic heterocycles. The molecule has 6 nitrogen and oxygen atoms in total. The van der Waals surface area contributed by atoms with Crippen molar-refractivity contribution in [3.05, 3.63) is 40.6 Å². The second-order valence-electron chi connectivity index (χ2n) is 3.51. The van der Waals surface area contributed by atoms with Gasteiger partial charge < -0.3 is 5.32 Å². The smallest absolute Gasteiger partial charge is 0.267 e. The first-order chi connectivity index (χ1) is 8.88. The molecule has 2 aromatic rings. The van der Waals surface area contributed by atoms with Crippen molar-refractivity contribution < 1.29 is 17.6 Å². The molecule has 1 aromatic carbocycles. The van der Waals surface area contributed by atoms with Gasteiger partial charge in [-0.05, 0) is 18.2 Å². The predicted molar refractivity (Wildman–Crippen MR) is 67.8 cm³/mol. The third-order valence-electron chi connectivity index (χ3n) is 2.15. The van der Waals surface area contributed by atoms with Gasteiger partial charge in [-0.15, -0.1) is 11.3 Å². The van der Waals surface area contributed by atoms with E-state index in [2.05, 4.69) is 10.3 Å². The summed E-state index contributed by atoms with van der Waals surface area (Å²) in [6, 6.07) is 2.83. The monoisotopic (exact) mass is 301 g/mol. The van der Waals surface area contributed by atoms with E-state index in [1.807, 2.05) is 0 Å². The van der Waals surface area contributed by atoms with Crippen LogP contribution in [0.1, 0.15) is 9.67 Å². The summed E-state index contributed by atoms with van der Waals surface area (Å²) in [5.41, 5.74) is 1.24. The molecule has 0 atom stereocenters. The topological polar surface area (TPSA) is 102 Å². The van der Waals surface area contributed by atoms with Crippen molar-refractivity contribution >= 4 is 33.0 Å². The molecule has 100 valence electrons. The first-order valence-electron chi connectivity index (χ1n) is 4.90. The molecule has 19 heavy (non-hydrogen) atoms. The number of primary sulfonamides is 1. The Labute approximate surface area is 112 Å². The molecule has 9 heteroatoms. The van der Waals surface area contributed by atoms with E-state index in [0.717, 1.165) is 29.5 Å². The fraction of sp³-hybridized carbons (Fsp3) is 0. The number of nitrogens with zero attached hydrogens (tertiary/aromatic N) is 1. The Hall–Kier alpha value is -1.84. The molecular formula is C10H8FN3O3S2. The second kappa shape index (κ2) is 5.03. The number of carbonyl (C=O) groups excluding carboxylic acids is 1. The number of benzene rings is 1. The maximum Gasteiger partial charge on any atom is 0.267 e. The third kappa shape index (κ3) is 3.13. The first kappa shape index (κ1) is 13.6. The molecule has 2 rings (SSSR count). The Kier molecular flexibility index (Phi) is 3.60. The number of anilines is 1. The lowest BCUT2D eigenvalue weighted by Crippen LogP contribution is -2.18. The number of rotatable bonds is 3. The van der Waals surface area contributed by atoms with Crippen LogP contribution in [-0.4, -0.2) is 19.3 Å². The molecule has 0 fully saturated rings. The number of amides is 1. The molecule has 0 aliphatic rings. The number of hydrogen-bond acceptors (Lipinski definition) is 5. The Morgan fingerprint density at radius 2 is 2.16 bits per heavy atom. The molecule has 0 aliphatic carbocycles. The third-order valence-corrected chi connectivity index (χ3v) is 3.89. The van der Waals surface area contributed by atoms with Crippen LogP contribution in [0.3, 0.4) is 0 Å². The van der Waals surface area contributed by atoms with Gasteiger partial charge in [0.05, 0.1) is 17.4 Å². The summed E-state index contributed by atoms with van der Waals surface area (Å²) >= 11 is 1.07. The minimum Gasteiger partial charge on any atom is -0.320 e. The highest BCUT2D eigenvalue weighted by Crippen LogP contribution is 2.22. The lowest BCUT2D eigenvalue weighted by molar-refractivity contribution is 0.103. The van der Waals surface area contributed by atoms with E-state index in [4.69, 9.17) is 5.14 Å². The zero-order valence-corrected chi connectivity index (χ0v) is 11.0. The quantitative estimate of drug-likeness (QED) is 0.888. The largest absolute Gasteiger partial charge is 0.320 e. The van der Waals surface area contributed by atoms with Crippen LogP contribution < -0.4 is 10.5 Å². The Morgan fingerprint density at radius 3 is 2.74 bits per heavy atom. The van der Waals surface area contributed by atoms with E-state index in [1.165, 1.54) is 11.7 Å². The van der Waals surface area contributed by atoms with Crippen LogP contribution in [0.2, 0.25) is 0 Å². The van der Waals surface area contributed by atoms with Crippen molar-refractivity contribution in [3.63, 3.8) is 0 Å². The SMILES string of the molecule is NS(=O)(=O)c1ccc(F)cc1NC(=O)c1cncs1. The van der Waals surface area contributed by atoms with Gasteiger partial charge in [-0.25, -0.2) is 17.9 Å². The number of halogens is 1. The van der Waals surface area contributed by atoms with Crippen molar-refractivity contribution in [1.29, 1.82) is 0 Å². The Bertz CT molecular complexity index is 714. The van der Waals surface area contributed by atoms with Crippen molar-refractivity contribution in [2.75, 3.05) is 5.32 Å². The van der Waals surface area contributed by atoms with Crippen molar-refractivity contribution in [2.24, 2.45) is 5.14 Å². The van der Waals surface area contributed by atoms with Crippen molar-refractivity contribution in [2.45, 2.75) is 4.90 Å². The highest BCUT2D eigenvalue weighted by molar-refractivity contribution is 7.89. The molecule has 0 unspecified atom stereocenters. The minimum atomic E-state index is -4.06. The molecule has 0 spiro atoms. The molecule has 1 heterocycles. The second-order valence-corrected chi connectivity index (χ2v) is 5.92. The molecule has 0 radical (unpaired) electrons. The highest BCUT2D eigenvalue weighted by atomic mass is 32.2. The van der Waals surface area contributed by atoms with Gasteiger partial charge in [0.15, 0.2) is 0 Å². The fourth-order valence-electron chi connectivity index (χ4n) is 1.36. The van der Waals surface area contributed by atoms with E-state index in [9.17, 15) is 17.6 Å². The average molecular weight is 301 g/mol. The zero-order valence-electron chi connectivity index (χ0n) is 9.33.